The van der Waals surface area contributed by atoms with Gasteiger partial charge in [-0.05, 0) is 30.4 Å². The Morgan fingerprint density at radius 3 is 2.75 bits per heavy atom. The minimum absolute atomic E-state index is 0.0292. The maximum atomic E-state index is 12.4. The first-order valence-corrected chi connectivity index (χ1v) is 7.37. The fourth-order valence-corrected chi connectivity index (χ4v) is 3.50. The highest BCUT2D eigenvalue weighted by Gasteiger charge is 2.43. The van der Waals surface area contributed by atoms with E-state index in [1.807, 2.05) is 28.8 Å². The van der Waals surface area contributed by atoms with Gasteiger partial charge in [-0.15, -0.1) is 0 Å². The predicted molar refractivity (Wildman–Crippen MR) is 83.6 cm³/mol. The van der Waals surface area contributed by atoms with Gasteiger partial charge in [0.2, 0.25) is 0 Å². The second-order valence-corrected chi connectivity index (χ2v) is 6.45. The van der Waals surface area contributed by atoms with Gasteiger partial charge in [-0.1, -0.05) is 45.9 Å². The summed E-state index contributed by atoms with van der Waals surface area (Å²) in [5, 5.41) is 0. The molecule has 1 unspecified atom stereocenters. The molecule has 0 aliphatic heterocycles. The molecule has 1 aromatic carbocycles. The fourth-order valence-electron chi connectivity index (χ4n) is 3.50. The molecule has 0 saturated heterocycles. The Bertz CT molecular complexity index is 735. The van der Waals surface area contributed by atoms with Crippen molar-refractivity contribution in [2.75, 3.05) is 0 Å². The Kier molecular flexibility index (Phi) is 2.89. The zero-order chi connectivity index (χ0) is 14.5. The number of hydrogen-bond acceptors (Lipinski definition) is 1. The molecule has 3 nitrogen and oxygen atoms in total. The van der Waals surface area contributed by atoms with Crippen molar-refractivity contribution < 1.29 is 0 Å². The number of rotatable bonds is 2. The van der Waals surface area contributed by atoms with E-state index in [4.69, 9.17) is 0 Å². The van der Waals surface area contributed by atoms with Crippen molar-refractivity contribution in [3.63, 3.8) is 0 Å². The molecule has 1 aliphatic carbocycles. The topological polar surface area (TPSA) is 37.8 Å². The molecule has 3 rings (SSSR count). The van der Waals surface area contributed by atoms with Crippen molar-refractivity contribution >= 4 is 16.7 Å². The second-order valence-electron chi connectivity index (χ2n) is 6.45. The number of H-pyrrole nitrogens is 1. The summed E-state index contributed by atoms with van der Waals surface area (Å²) in [6.45, 7) is 9.06. The van der Waals surface area contributed by atoms with E-state index >= 15 is 0 Å². The van der Waals surface area contributed by atoms with Gasteiger partial charge < -0.3 is 4.98 Å². The van der Waals surface area contributed by atoms with Crippen LogP contribution in [-0.4, -0.2) is 9.55 Å². The molecule has 1 aliphatic rings. The van der Waals surface area contributed by atoms with Crippen molar-refractivity contribution in [2.24, 2.45) is 17.3 Å². The standard InChI is InChI=1S/C17H22N2O/c1-11(2)17(4)12(3)9-10-15(17)19-14-8-6-5-7-13(14)18-16(19)20/h5-8,10-12H,9H2,1-4H3,(H,18,20)/t12?,17-/m0/s1. The van der Waals surface area contributed by atoms with Crippen LogP contribution >= 0.6 is 0 Å². The number of aromatic amines is 1. The minimum Gasteiger partial charge on any atom is -0.305 e. The van der Waals surface area contributed by atoms with Gasteiger partial charge in [-0.3, -0.25) is 4.57 Å². The lowest BCUT2D eigenvalue weighted by Crippen LogP contribution is -2.33. The highest BCUT2D eigenvalue weighted by molar-refractivity contribution is 5.80. The molecule has 2 aromatic rings. The average molecular weight is 270 g/mol. The minimum atomic E-state index is -0.0292. The summed E-state index contributed by atoms with van der Waals surface area (Å²) in [5.41, 5.74) is 3.05. The van der Waals surface area contributed by atoms with Gasteiger partial charge in [0.25, 0.3) is 0 Å². The van der Waals surface area contributed by atoms with E-state index in [9.17, 15) is 4.79 Å². The number of imidazole rings is 1. The summed E-state index contributed by atoms with van der Waals surface area (Å²) in [7, 11) is 0. The number of fused-ring (bicyclic) bond motifs is 1. The first kappa shape index (κ1) is 13.2. The van der Waals surface area contributed by atoms with Gasteiger partial charge >= 0.3 is 5.69 Å². The number of hydrogen-bond donors (Lipinski definition) is 1. The molecular formula is C17H22N2O. The van der Waals surface area contributed by atoms with Crippen LogP contribution in [0.4, 0.5) is 0 Å². The zero-order valence-electron chi connectivity index (χ0n) is 12.6. The molecule has 1 aromatic heterocycles. The van der Waals surface area contributed by atoms with Gasteiger partial charge in [0, 0.05) is 11.1 Å². The van der Waals surface area contributed by atoms with E-state index in [1.165, 1.54) is 0 Å². The van der Waals surface area contributed by atoms with Crippen molar-refractivity contribution in [1.29, 1.82) is 0 Å². The summed E-state index contributed by atoms with van der Waals surface area (Å²) < 4.78 is 1.87. The Hall–Kier alpha value is -1.77. The number of para-hydroxylation sites is 2. The molecular weight excluding hydrogens is 248 g/mol. The molecule has 20 heavy (non-hydrogen) atoms. The fraction of sp³-hybridized carbons (Fsp3) is 0.471. The summed E-state index contributed by atoms with van der Waals surface area (Å²) >= 11 is 0. The molecule has 2 atom stereocenters. The lowest BCUT2D eigenvalue weighted by Gasteiger charge is -2.37. The van der Waals surface area contributed by atoms with Crippen LogP contribution in [0.3, 0.4) is 0 Å². The van der Waals surface area contributed by atoms with Crippen molar-refractivity contribution in [3.8, 4) is 0 Å². The van der Waals surface area contributed by atoms with Crippen LogP contribution in [0.2, 0.25) is 0 Å². The second kappa shape index (κ2) is 4.37. The van der Waals surface area contributed by atoms with Crippen molar-refractivity contribution in [2.45, 2.75) is 34.1 Å². The lowest BCUT2D eigenvalue weighted by molar-refractivity contribution is 0.215. The average Bonchev–Trinajstić information content (AvgIpc) is 2.88. The van der Waals surface area contributed by atoms with Crippen molar-refractivity contribution in [3.05, 3.63) is 40.8 Å². The maximum absolute atomic E-state index is 12.4. The van der Waals surface area contributed by atoms with Crippen LogP contribution in [0, 0.1) is 17.3 Å². The van der Waals surface area contributed by atoms with Crippen LogP contribution in [0.15, 0.2) is 35.1 Å². The normalized spacial score (nSPS) is 26.4. The van der Waals surface area contributed by atoms with E-state index in [0.717, 1.165) is 23.2 Å². The largest absolute Gasteiger partial charge is 0.330 e. The van der Waals surface area contributed by atoms with E-state index in [2.05, 4.69) is 38.8 Å². The van der Waals surface area contributed by atoms with Gasteiger partial charge in [0.1, 0.15) is 0 Å². The van der Waals surface area contributed by atoms with Gasteiger partial charge in [-0.25, -0.2) is 4.79 Å². The Morgan fingerprint density at radius 1 is 1.35 bits per heavy atom. The van der Waals surface area contributed by atoms with Gasteiger partial charge in [-0.2, -0.15) is 0 Å². The van der Waals surface area contributed by atoms with Crippen LogP contribution in [0.25, 0.3) is 16.7 Å². The summed E-state index contributed by atoms with van der Waals surface area (Å²) in [6.07, 6.45) is 3.28. The highest BCUT2D eigenvalue weighted by Crippen LogP contribution is 2.51. The van der Waals surface area contributed by atoms with Gasteiger partial charge in [0.15, 0.2) is 0 Å². The molecule has 3 heteroatoms. The first-order chi connectivity index (χ1) is 9.46. The van der Waals surface area contributed by atoms with E-state index in [-0.39, 0.29) is 11.1 Å². The molecule has 0 amide bonds. The van der Waals surface area contributed by atoms with Crippen LogP contribution in [0.1, 0.15) is 34.1 Å². The van der Waals surface area contributed by atoms with Crippen LogP contribution in [-0.2, 0) is 0 Å². The molecule has 0 spiro atoms. The van der Waals surface area contributed by atoms with Gasteiger partial charge in [0.05, 0.1) is 11.0 Å². The molecule has 0 fully saturated rings. The third-order valence-electron chi connectivity index (χ3n) is 5.27. The number of allylic oxidation sites excluding steroid dienone is 2. The highest BCUT2D eigenvalue weighted by atomic mass is 16.1. The zero-order valence-corrected chi connectivity index (χ0v) is 12.6. The Labute approximate surface area is 119 Å². The van der Waals surface area contributed by atoms with Crippen molar-refractivity contribution in [1.82, 2.24) is 9.55 Å². The maximum Gasteiger partial charge on any atom is 0.330 e. The molecule has 0 saturated carbocycles. The molecule has 0 bridgehead atoms. The smallest absolute Gasteiger partial charge is 0.305 e. The SMILES string of the molecule is CC(C)[C@]1(C)C(n2c(=O)[nH]c3ccccc32)=CCC1C. The quantitative estimate of drug-likeness (QED) is 0.883. The van der Waals surface area contributed by atoms with E-state index < -0.39 is 0 Å². The summed E-state index contributed by atoms with van der Waals surface area (Å²) in [5.74, 6) is 1.05. The summed E-state index contributed by atoms with van der Waals surface area (Å²) in [4.78, 5) is 15.4. The first-order valence-electron chi connectivity index (χ1n) is 7.37. The third kappa shape index (κ3) is 1.62. The van der Waals surface area contributed by atoms with Crippen LogP contribution < -0.4 is 5.69 Å². The van der Waals surface area contributed by atoms with Crippen LogP contribution in [0.5, 0.6) is 0 Å². The Balaban J connectivity index is 2.26. The van der Waals surface area contributed by atoms with E-state index in [0.29, 0.717) is 11.8 Å². The number of nitrogens with zero attached hydrogens (tertiary/aromatic N) is 1. The molecule has 0 radical (unpaired) electrons. The molecule has 1 N–H and O–H groups in total. The number of benzene rings is 1. The van der Waals surface area contributed by atoms with E-state index in [1.54, 1.807) is 0 Å². The predicted octanol–water partition coefficient (Wildman–Crippen LogP) is 3.87. The lowest BCUT2D eigenvalue weighted by atomic mass is 9.70. The number of aromatic nitrogens is 2. The Morgan fingerprint density at radius 2 is 2.05 bits per heavy atom. The monoisotopic (exact) mass is 270 g/mol. The molecule has 106 valence electrons. The molecule has 1 heterocycles. The summed E-state index contributed by atoms with van der Waals surface area (Å²) in [6, 6.07) is 7.91. The third-order valence-corrected chi connectivity index (χ3v) is 5.27. The number of nitrogens with one attached hydrogen (secondary N) is 1.